The minimum atomic E-state index is -0.602. The molecule has 0 atom stereocenters. The standard InChI is InChI=1S/C24H25ClF2N4/c25-22-14-29-20(10-15-4-6-19(28)7-5-15)12-21(22)23-2-1-3-24(31-23)30-13-16-8-17(26)11-18(27)9-16/h1-3,8-9,11-12,14-15,19H,4-7,10,13,28H2,(H,30,31). The number of hydrogen-bond acceptors (Lipinski definition) is 4. The molecule has 2 heterocycles. The number of rotatable bonds is 6. The molecule has 0 unspecified atom stereocenters. The van der Waals surface area contributed by atoms with Crippen molar-refractivity contribution in [3.63, 3.8) is 0 Å². The Morgan fingerprint density at radius 2 is 1.77 bits per heavy atom. The van der Waals surface area contributed by atoms with Crippen molar-refractivity contribution in [3.05, 3.63) is 76.6 Å². The van der Waals surface area contributed by atoms with Crippen LogP contribution >= 0.6 is 11.6 Å². The van der Waals surface area contributed by atoms with Gasteiger partial charge in [0.2, 0.25) is 0 Å². The van der Waals surface area contributed by atoms with Crippen molar-refractivity contribution in [2.75, 3.05) is 5.32 Å². The van der Waals surface area contributed by atoms with Gasteiger partial charge in [-0.2, -0.15) is 0 Å². The molecule has 0 radical (unpaired) electrons. The molecule has 7 heteroatoms. The average Bonchev–Trinajstić information content (AvgIpc) is 2.75. The highest BCUT2D eigenvalue weighted by molar-refractivity contribution is 6.33. The molecule has 1 aliphatic carbocycles. The van der Waals surface area contributed by atoms with Gasteiger partial charge in [0.25, 0.3) is 0 Å². The zero-order valence-electron chi connectivity index (χ0n) is 17.1. The quantitative estimate of drug-likeness (QED) is 0.510. The molecular formula is C24H25ClF2N4. The molecule has 0 saturated heterocycles. The van der Waals surface area contributed by atoms with E-state index in [-0.39, 0.29) is 6.54 Å². The third-order valence-electron chi connectivity index (χ3n) is 5.72. The lowest BCUT2D eigenvalue weighted by atomic mass is 9.83. The van der Waals surface area contributed by atoms with E-state index in [0.29, 0.717) is 28.4 Å². The number of hydrogen-bond donors (Lipinski definition) is 2. The number of nitrogens with zero attached hydrogens (tertiary/aromatic N) is 2. The summed E-state index contributed by atoms with van der Waals surface area (Å²) in [5, 5.41) is 3.65. The highest BCUT2D eigenvalue weighted by atomic mass is 35.5. The predicted octanol–water partition coefficient (Wildman–Crippen LogP) is 5.75. The zero-order chi connectivity index (χ0) is 21.8. The van der Waals surface area contributed by atoms with Gasteiger partial charge in [0, 0.05) is 36.1 Å². The Kier molecular flexibility index (Phi) is 6.78. The molecule has 162 valence electrons. The third kappa shape index (κ3) is 5.77. The molecule has 3 aromatic rings. The number of aromatic nitrogens is 2. The van der Waals surface area contributed by atoms with Crippen molar-refractivity contribution in [3.8, 4) is 11.3 Å². The predicted molar refractivity (Wildman–Crippen MR) is 120 cm³/mol. The van der Waals surface area contributed by atoms with Crippen molar-refractivity contribution in [1.82, 2.24) is 9.97 Å². The highest BCUT2D eigenvalue weighted by Gasteiger charge is 2.20. The van der Waals surface area contributed by atoms with Crippen LogP contribution in [0.3, 0.4) is 0 Å². The molecule has 1 saturated carbocycles. The average molecular weight is 443 g/mol. The normalized spacial score (nSPS) is 18.7. The molecule has 31 heavy (non-hydrogen) atoms. The van der Waals surface area contributed by atoms with Gasteiger partial charge in [-0.05, 0) is 73.9 Å². The van der Waals surface area contributed by atoms with E-state index in [0.717, 1.165) is 55.1 Å². The van der Waals surface area contributed by atoms with Crippen LogP contribution in [-0.4, -0.2) is 16.0 Å². The first-order chi connectivity index (χ1) is 15.0. The van der Waals surface area contributed by atoms with Gasteiger partial charge in [-0.15, -0.1) is 0 Å². The molecule has 1 fully saturated rings. The van der Waals surface area contributed by atoms with Crippen molar-refractivity contribution in [1.29, 1.82) is 0 Å². The molecule has 4 rings (SSSR count). The van der Waals surface area contributed by atoms with E-state index in [9.17, 15) is 8.78 Å². The number of halogens is 3. The molecule has 4 nitrogen and oxygen atoms in total. The molecule has 0 amide bonds. The second-order valence-corrected chi connectivity index (χ2v) is 8.59. The van der Waals surface area contributed by atoms with E-state index >= 15 is 0 Å². The van der Waals surface area contributed by atoms with Gasteiger partial charge >= 0.3 is 0 Å². The maximum atomic E-state index is 13.4. The summed E-state index contributed by atoms with van der Waals surface area (Å²) < 4.78 is 26.8. The summed E-state index contributed by atoms with van der Waals surface area (Å²) >= 11 is 6.43. The van der Waals surface area contributed by atoms with E-state index in [2.05, 4.69) is 15.3 Å². The van der Waals surface area contributed by atoms with Gasteiger partial charge < -0.3 is 11.1 Å². The highest BCUT2D eigenvalue weighted by Crippen LogP contribution is 2.30. The van der Waals surface area contributed by atoms with Crippen molar-refractivity contribution in [2.24, 2.45) is 11.7 Å². The molecule has 1 aromatic carbocycles. The van der Waals surface area contributed by atoms with E-state index in [1.807, 2.05) is 18.2 Å². The van der Waals surface area contributed by atoms with Crippen LogP contribution in [0.15, 0.2) is 48.7 Å². The lowest BCUT2D eigenvalue weighted by Gasteiger charge is -2.25. The van der Waals surface area contributed by atoms with Crippen LogP contribution in [0.2, 0.25) is 5.02 Å². The summed E-state index contributed by atoms with van der Waals surface area (Å²) in [6.45, 7) is 0.254. The number of pyridine rings is 2. The lowest BCUT2D eigenvalue weighted by Crippen LogP contribution is -2.27. The molecule has 0 spiro atoms. The number of nitrogens with one attached hydrogen (secondary N) is 1. The van der Waals surface area contributed by atoms with Gasteiger partial charge in [0.15, 0.2) is 0 Å². The molecule has 0 bridgehead atoms. The SMILES string of the molecule is NC1CCC(Cc2cc(-c3cccc(NCc4cc(F)cc(F)c4)n3)c(Cl)cn2)CC1. The number of benzene rings is 1. The van der Waals surface area contributed by atoms with Crippen LogP contribution in [0.25, 0.3) is 11.3 Å². The maximum absolute atomic E-state index is 13.4. The molecule has 0 aliphatic heterocycles. The van der Waals surface area contributed by atoms with Gasteiger partial charge in [-0.3, -0.25) is 4.98 Å². The summed E-state index contributed by atoms with van der Waals surface area (Å²) in [5.41, 5.74) is 9.05. The van der Waals surface area contributed by atoms with Crippen LogP contribution in [0.1, 0.15) is 36.9 Å². The first-order valence-corrected chi connectivity index (χ1v) is 10.9. The van der Waals surface area contributed by atoms with Gasteiger partial charge in [-0.1, -0.05) is 17.7 Å². The van der Waals surface area contributed by atoms with Crippen molar-refractivity contribution in [2.45, 2.75) is 44.7 Å². The second kappa shape index (κ2) is 9.71. The Labute approximate surface area is 185 Å². The van der Waals surface area contributed by atoms with Crippen LogP contribution < -0.4 is 11.1 Å². The van der Waals surface area contributed by atoms with E-state index < -0.39 is 11.6 Å². The summed E-state index contributed by atoms with van der Waals surface area (Å²) in [5.74, 6) is -0.0177. The summed E-state index contributed by atoms with van der Waals surface area (Å²) in [4.78, 5) is 9.15. The Morgan fingerprint density at radius 3 is 2.52 bits per heavy atom. The van der Waals surface area contributed by atoms with Crippen molar-refractivity contribution < 1.29 is 8.78 Å². The fourth-order valence-corrected chi connectivity index (χ4v) is 4.27. The molecule has 3 N–H and O–H groups in total. The summed E-state index contributed by atoms with van der Waals surface area (Å²) in [7, 11) is 0. The minimum absolute atomic E-state index is 0.254. The molecule has 1 aliphatic rings. The van der Waals surface area contributed by atoms with Crippen LogP contribution in [0.5, 0.6) is 0 Å². The van der Waals surface area contributed by atoms with Gasteiger partial charge in [0.1, 0.15) is 17.5 Å². The first kappa shape index (κ1) is 21.7. The second-order valence-electron chi connectivity index (χ2n) is 8.18. The van der Waals surface area contributed by atoms with E-state index in [1.165, 1.54) is 12.1 Å². The lowest BCUT2D eigenvalue weighted by molar-refractivity contribution is 0.323. The smallest absolute Gasteiger partial charge is 0.126 e. The minimum Gasteiger partial charge on any atom is -0.366 e. The zero-order valence-corrected chi connectivity index (χ0v) is 17.9. The Balaban J connectivity index is 1.48. The molecule has 2 aromatic heterocycles. The topological polar surface area (TPSA) is 63.8 Å². The summed E-state index contributed by atoms with van der Waals surface area (Å²) in [6, 6.07) is 11.3. The van der Waals surface area contributed by atoms with E-state index in [1.54, 1.807) is 12.3 Å². The van der Waals surface area contributed by atoms with Gasteiger partial charge in [0.05, 0.1) is 10.7 Å². The Hall–Kier alpha value is -2.57. The Morgan fingerprint density at radius 1 is 1.03 bits per heavy atom. The maximum Gasteiger partial charge on any atom is 0.126 e. The number of nitrogens with two attached hydrogens (primary N) is 1. The fourth-order valence-electron chi connectivity index (χ4n) is 4.07. The van der Waals surface area contributed by atoms with E-state index in [4.69, 9.17) is 17.3 Å². The first-order valence-electron chi connectivity index (χ1n) is 10.5. The number of anilines is 1. The van der Waals surface area contributed by atoms with Crippen LogP contribution in [0.4, 0.5) is 14.6 Å². The third-order valence-corrected chi connectivity index (χ3v) is 6.02. The molecular weight excluding hydrogens is 418 g/mol. The van der Waals surface area contributed by atoms with Crippen LogP contribution in [-0.2, 0) is 13.0 Å². The largest absolute Gasteiger partial charge is 0.366 e. The summed E-state index contributed by atoms with van der Waals surface area (Å²) in [6.07, 6.45) is 6.96. The monoisotopic (exact) mass is 442 g/mol. The fraction of sp³-hybridized carbons (Fsp3) is 0.333. The van der Waals surface area contributed by atoms with Gasteiger partial charge in [-0.25, -0.2) is 13.8 Å². The van der Waals surface area contributed by atoms with Crippen molar-refractivity contribution >= 4 is 17.4 Å². The Bertz CT molecular complexity index is 1030. The van der Waals surface area contributed by atoms with Crippen LogP contribution in [0, 0.1) is 17.6 Å².